The van der Waals surface area contributed by atoms with Crippen LogP contribution in [-0.4, -0.2) is 190 Å². The second kappa shape index (κ2) is 36.0. The van der Waals surface area contributed by atoms with Crippen LogP contribution in [0.4, 0.5) is 23.3 Å². The van der Waals surface area contributed by atoms with Crippen LogP contribution in [-0.2, 0) is 55.8 Å². The molecule has 0 saturated carbocycles. The molecule has 4 N–H and O–H groups in total. The summed E-state index contributed by atoms with van der Waals surface area (Å²) in [5.74, 6) is 4.54. The Balaban J connectivity index is 0.000000129. The van der Waals surface area contributed by atoms with Crippen molar-refractivity contribution in [2.24, 2.45) is 0 Å². The highest BCUT2D eigenvalue weighted by atomic mass is 79.9. The van der Waals surface area contributed by atoms with E-state index >= 15 is 0 Å². The Bertz CT molecular complexity index is 5400. The van der Waals surface area contributed by atoms with E-state index in [1.54, 1.807) is 85.6 Å². The van der Waals surface area contributed by atoms with Gasteiger partial charge in [0.05, 0.1) is 66.6 Å². The molecule has 0 spiro atoms. The number of aromatic nitrogens is 16. The average Bonchev–Trinajstić information content (AvgIpc) is 1.53. The molecule has 36 heteroatoms. The standard InChI is InChI=1S/2C19H21BrN6O.2C18H21BrN6O2S/c1-13(27)25-7-3-5-15(12-25)17-8-18(22-10-14-4-2-6-21-9-14)26-19(24-17)16(20)11-23-26;1-13(27)25-7-4-15(5-8-25)17-9-18(22-11-14-3-2-6-21-10-14)26-19(24-17)16(20)12-23-26;1-28(26,27)24-7-3-5-14(12-24)16-8-17(21-10-13-4-2-6-20-9-13)25-18(23-16)15(19)11-22-25;1-28(26,27)24-7-4-14(5-8-24)16-9-17(21-11-13-3-2-6-20-10-13)25-18(23-16)15(19)12-22-25/h2,4,6,8-9,11,15,22H,3,5,7,10,12H2,1H3;2-3,6,9-10,12,15,22H,4-5,7-8,11H2,1H3;2,4,6,8-9,11,14,21H,3,5,7,10,12H2,1H3;2-3,6,9-10,12,14,21H,4-5,7-8,11H2,1H3. The minimum absolute atomic E-state index is 0.0502. The molecule has 16 heterocycles. The lowest BCUT2D eigenvalue weighted by atomic mass is 9.93. The second-order valence-electron chi connectivity index (χ2n) is 27.5. The summed E-state index contributed by atoms with van der Waals surface area (Å²) in [5, 5.41) is 31.4. The van der Waals surface area contributed by atoms with Gasteiger partial charge in [0.15, 0.2) is 22.6 Å². The van der Waals surface area contributed by atoms with Crippen LogP contribution in [0.5, 0.6) is 0 Å². The van der Waals surface area contributed by atoms with Gasteiger partial charge >= 0.3 is 0 Å². The van der Waals surface area contributed by atoms with Gasteiger partial charge in [-0.2, -0.15) is 38.5 Å². The first-order valence-corrected chi connectivity index (χ1v) is 43.0. The zero-order valence-corrected chi connectivity index (χ0v) is 69.0. The topological polar surface area (TPSA) is 336 Å². The molecular weight excluding hydrogens is 1700 g/mol. The maximum atomic E-state index is 12.0. The quantitative estimate of drug-likeness (QED) is 0.0620. The molecule has 4 saturated heterocycles. The molecule has 0 aliphatic carbocycles. The third-order valence-corrected chi connectivity index (χ3v) is 24.6. The second-order valence-corrected chi connectivity index (χ2v) is 34.9. The fraction of sp³-hybridized carbons (Fsp3) is 0.378. The van der Waals surface area contributed by atoms with E-state index < -0.39 is 20.0 Å². The molecule has 2 atom stereocenters. The molecule has 4 fully saturated rings. The van der Waals surface area contributed by atoms with Crippen molar-refractivity contribution in [3.05, 3.63) is 210 Å². The van der Waals surface area contributed by atoms with Crippen LogP contribution in [0.3, 0.4) is 0 Å². The van der Waals surface area contributed by atoms with Crippen molar-refractivity contribution in [3.8, 4) is 0 Å². The van der Waals surface area contributed by atoms with Crippen molar-refractivity contribution < 1.29 is 26.4 Å². The number of nitrogens with one attached hydrogen (secondary N) is 4. The highest BCUT2D eigenvalue weighted by Gasteiger charge is 2.32. The Morgan fingerprint density at radius 3 is 1.01 bits per heavy atom. The molecule has 0 radical (unpaired) electrons. The van der Waals surface area contributed by atoms with Crippen LogP contribution < -0.4 is 21.3 Å². The predicted octanol–water partition coefficient (Wildman–Crippen LogP) is 11.7. The minimum Gasteiger partial charge on any atom is -0.366 e. The highest BCUT2D eigenvalue weighted by Crippen LogP contribution is 2.36. The maximum Gasteiger partial charge on any atom is 0.219 e. The molecule has 4 aliphatic rings. The fourth-order valence-electron chi connectivity index (χ4n) is 13.9. The first-order chi connectivity index (χ1) is 53.1. The van der Waals surface area contributed by atoms with Crippen LogP contribution in [0.1, 0.15) is 134 Å². The van der Waals surface area contributed by atoms with E-state index in [-0.39, 0.29) is 29.6 Å². The van der Waals surface area contributed by atoms with Gasteiger partial charge in [0, 0.05) is 201 Å². The molecule has 4 aliphatic heterocycles. The number of fused-ring (bicyclic) bond motifs is 4. The Morgan fingerprint density at radius 1 is 0.391 bits per heavy atom. The Labute approximate surface area is 670 Å². The number of carbonyl (C=O) groups excluding carboxylic acids is 2. The van der Waals surface area contributed by atoms with Gasteiger partial charge in [0.1, 0.15) is 23.3 Å². The van der Waals surface area contributed by atoms with Gasteiger partial charge in [-0.3, -0.25) is 29.5 Å². The molecule has 12 aromatic heterocycles. The molecule has 576 valence electrons. The van der Waals surface area contributed by atoms with Gasteiger partial charge in [-0.25, -0.2) is 45.4 Å². The number of sulfonamides is 2. The van der Waals surface area contributed by atoms with E-state index in [4.69, 9.17) is 19.9 Å². The Kier molecular flexibility index (Phi) is 25.9. The molecule has 0 aromatic carbocycles. The van der Waals surface area contributed by atoms with E-state index in [9.17, 15) is 26.4 Å². The zero-order chi connectivity index (χ0) is 77.1. The summed E-state index contributed by atoms with van der Waals surface area (Å²) in [7, 11) is -6.35. The zero-order valence-electron chi connectivity index (χ0n) is 61.0. The van der Waals surface area contributed by atoms with Gasteiger partial charge in [0.2, 0.25) is 31.9 Å². The van der Waals surface area contributed by atoms with Gasteiger partial charge < -0.3 is 31.1 Å². The number of nitrogens with zero attached hydrogens (tertiary/aromatic N) is 20. The Hall–Kier alpha value is -9.04. The smallest absolute Gasteiger partial charge is 0.219 e. The molecule has 0 bridgehead atoms. The Morgan fingerprint density at radius 2 is 0.700 bits per heavy atom. The van der Waals surface area contributed by atoms with Crippen LogP contribution in [0.25, 0.3) is 22.6 Å². The lowest BCUT2D eigenvalue weighted by Crippen LogP contribution is -2.38. The highest BCUT2D eigenvalue weighted by molar-refractivity contribution is 9.11. The number of likely N-dealkylation sites (tertiary alicyclic amines) is 2. The first kappa shape index (κ1) is 79.1. The van der Waals surface area contributed by atoms with Crippen LogP contribution in [0, 0.1) is 0 Å². The summed E-state index contributed by atoms with van der Waals surface area (Å²) in [4.78, 5) is 63.0. The van der Waals surface area contributed by atoms with Crippen molar-refractivity contribution in [1.29, 1.82) is 0 Å². The van der Waals surface area contributed by atoms with Crippen molar-refractivity contribution in [1.82, 2.24) is 96.7 Å². The molecule has 2 unspecified atom stereocenters. The number of hydrogen-bond acceptors (Lipinski definition) is 22. The number of amides is 2. The molecule has 30 nitrogen and oxygen atoms in total. The molecule has 2 amide bonds. The number of carbonyl (C=O) groups is 2. The fourth-order valence-corrected chi connectivity index (χ4v) is 17.1. The van der Waals surface area contributed by atoms with Crippen LogP contribution in [0.2, 0.25) is 0 Å². The average molecular weight is 1790 g/mol. The van der Waals surface area contributed by atoms with E-state index in [1.807, 2.05) is 99.8 Å². The van der Waals surface area contributed by atoms with Crippen LogP contribution >= 0.6 is 63.7 Å². The third-order valence-electron chi connectivity index (χ3n) is 19.8. The van der Waals surface area contributed by atoms with Crippen molar-refractivity contribution in [3.63, 3.8) is 0 Å². The number of halogens is 4. The summed E-state index contributed by atoms with van der Waals surface area (Å²) in [5.41, 5.74) is 11.2. The predicted molar refractivity (Wildman–Crippen MR) is 434 cm³/mol. The van der Waals surface area contributed by atoms with E-state index in [1.165, 1.54) is 12.5 Å². The summed E-state index contributed by atoms with van der Waals surface area (Å²) < 4.78 is 61.1. The summed E-state index contributed by atoms with van der Waals surface area (Å²) >= 11 is 14.1. The number of pyridine rings is 4. The van der Waals surface area contributed by atoms with Crippen molar-refractivity contribution >= 4 is 141 Å². The van der Waals surface area contributed by atoms with Crippen molar-refractivity contribution in [2.45, 2.75) is 115 Å². The largest absolute Gasteiger partial charge is 0.366 e. The SMILES string of the molecule is CC(=O)N1CCC(c2cc(NCc3cccnc3)n3ncc(Br)c3n2)CC1.CC(=O)N1CCCC(c2cc(NCc3cccnc3)n3ncc(Br)c3n2)C1.CS(=O)(=O)N1CCC(c2cc(NCc3cccnc3)n3ncc(Br)c3n2)CC1.CS(=O)(=O)N1CCCC(c2cc(NCc3cccnc3)n3ncc(Br)c3n2)C1. The molecule has 12 aromatic rings. The lowest BCUT2D eigenvalue weighted by Gasteiger charge is -2.32. The van der Waals surface area contributed by atoms with Gasteiger partial charge in [0.25, 0.3) is 0 Å². The summed E-state index contributed by atoms with van der Waals surface area (Å²) in [6.07, 6.45) is 31.0. The number of anilines is 4. The molecule has 16 rings (SSSR count). The van der Waals surface area contributed by atoms with Gasteiger partial charge in [-0.1, -0.05) is 24.3 Å². The van der Waals surface area contributed by atoms with E-state index in [2.05, 4.69) is 137 Å². The number of hydrogen-bond donors (Lipinski definition) is 4. The monoisotopic (exact) mass is 1780 g/mol. The van der Waals surface area contributed by atoms with Gasteiger partial charge in [-0.15, -0.1) is 0 Å². The molecular formula is C74H84Br4N24O6S2. The van der Waals surface area contributed by atoms with Crippen molar-refractivity contribution in [2.75, 3.05) is 86.1 Å². The third kappa shape index (κ3) is 19.8. The summed E-state index contributed by atoms with van der Waals surface area (Å²) in [6.45, 7) is 11.0. The number of piperidine rings is 4. The first-order valence-electron chi connectivity index (χ1n) is 36.2. The van der Waals surface area contributed by atoms with Gasteiger partial charge in [-0.05, 0) is 162 Å². The summed E-state index contributed by atoms with van der Waals surface area (Å²) in [6, 6.07) is 23.9. The van der Waals surface area contributed by atoms with Crippen LogP contribution in [0.15, 0.2) is 165 Å². The normalized spacial score (nSPS) is 16.9. The minimum atomic E-state index is -3.21. The van der Waals surface area contributed by atoms with E-state index in [0.717, 1.165) is 174 Å². The molecule has 110 heavy (non-hydrogen) atoms. The number of rotatable bonds is 18. The maximum absolute atomic E-state index is 12.0. The lowest BCUT2D eigenvalue weighted by molar-refractivity contribution is -0.130. The van der Waals surface area contributed by atoms with E-state index in [0.29, 0.717) is 70.5 Å².